The van der Waals surface area contributed by atoms with E-state index >= 15 is 0 Å². The van der Waals surface area contributed by atoms with Crippen molar-refractivity contribution in [1.82, 2.24) is 19.9 Å². The van der Waals surface area contributed by atoms with E-state index in [1.165, 1.54) is 24.8 Å². The zero-order chi connectivity index (χ0) is 39.3. The molecule has 15 heteroatoms. The average molecular weight is 797 g/mol. The maximum absolute atomic E-state index is 12.6. The summed E-state index contributed by atoms with van der Waals surface area (Å²) in [5.74, 6) is 0.406. The van der Waals surface area contributed by atoms with Crippen LogP contribution in [0.3, 0.4) is 0 Å². The molecule has 282 valence electrons. The van der Waals surface area contributed by atoms with E-state index < -0.39 is 20.0 Å². The van der Waals surface area contributed by atoms with Crippen molar-refractivity contribution >= 4 is 55.4 Å². The molecular weight excluding hydrogens is 760 g/mol. The lowest BCUT2D eigenvalue weighted by Crippen LogP contribution is -2.13. The Bertz CT molecular complexity index is 2470. The van der Waals surface area contributed by atoms with Gasteiger partial charge in [0.25, 0.3) is 20.0 Å². The largest absolute Gasteiger partial charge is 0.475 e. The number of rotatable bonds is 13. The Hall–Kier alpha value is -5.93. The summed E-state index contributed by atoms with van der Waals surface area (Å²) in [6, 6.07) is 33.2. The number of benzene rings is 4. The fourth-order valence-corrected chi connectivity index (χ4v) is 6.80. The predicted octanol–water partition coefficient (Wildman–Crippen LogP) is 7.75. The van der Waals surface area contributed by atoms with Crippen LogP contribution in [0, 0.1) is 13.8 Å². The number of hydrogen-bond donors (Lipinski definition) is 3. The van der Waals surface area contributed by atoms with Crippen molar-refractivity contribution in [2.45, 2.75) is 13.8 Å². The van der Waals surface area contributed by atoms with Gasteiger partial charge in [0.15, 0.2) is 11.6 Å². The van der Waals surface area contributed by atoms with Crippen LogP contribution < -0.4 is 14.2 Å². The van der Waals surface area contributed by atoms with Crippen LogP contribution in [0.1, 0.15) is 22.3 Å². The van der Waals surface area contributed by atoms with E-state index in [4.69, 9.17) is 21.4 Å². The lowest BCUT2D eigenvalue weighted by Gasteiger charge is -2.14. The maximum Gasteiger partial charge on any atom is 0.256 e. The predicted molar refractivity (Wildman–Crippen MR) is 218 cm³/mol. The molecule has 0 amide bonds. The highest BCUT2D eigenvalue weighted by Gasteiger charge is 2.19. The molecule has 0 fully saturated rings. The van der Waals surface area contributed by atoms with E-state index in [0.717, 1.165) is 38.6 Å². The van der Waals surface area contributed by atoms with Gasteiger partial charge in [-0.25, -0.2) is 36.8 Å². The van der Waals surface area contributed by atoms with Gasteiger partial charge in [-0.3, -0.25) is 9.44 Å². The monoisotopic (exact) mass is 796 g/mol. The number of ether oxygens (including phenoxy) is 1. The van der Waals surface area contributed by atoms with E-state index in [9.17, 15) is 16.8 Å². The van der Waals surface area contributed by atoms with Gasteiger partial charge in [0.1, 0.15) is 24.4 Å². The highest BCUT2D eigenvalue weighted by atomic mass is 35.5. The standard InChI is InChI=1S/C21H21N3O4S.C19H16ClN3O2S/c1-16-7-9-18(10-8-16)19-20(22-15-23-21(19)28-13-12-25)24-29(26,27)14-11-17-5-3-2-4-6-17;1-14-7-9-16(10-8-14)17-18(20)21-13-22-19(17)23-26(24,25)12-11-15-5-3-2-4-6-15/h2-11,14-15,25H,12-13H2,1H3,(H,22,23,24);2-13H,1H3,(H,21,22,23)/b14-11+;12-11+. The van der Waals surface area contributed by atoms with Crippen molar-refractivity contribution in [3.8, 4) is 28.1 Å². The van der Waals surface area contributed by atoms with Gasteiger partial charge in [0.05, 0.1) is 28.5 Å². The molecule has 55 heavy (non-hydrogen) atoms. The molecule has 2 heterocycles. The van der Waals surface area contributed by atoms with Crippen LogP contribution in [0.15, 0.2) is 133 Å². The van der Waals surface area contributed by atoms with Gasteiger partial charge in [-0.15, -0.1) is 0 Å². The van der Waals surface area contributed by atoms with Gasteiger partial charge in [-0.1, -0.05) is 132 Å². The molecule has 6 rings (SSSR count). The van der Waals surface area contributed by atoms with Crippen molar-refractivity contribution in [3.05, 3.63) is 160 Å². The number of aromatic nitrogens is 4. The van der Waals surface area contributed by atoms with Crippen molar-refractivity contribution in [1.29, 1.82) is 0 Å². The third kappa shape index (κ3) is 12.0. The molecule has 0 saturated heterocycles. The molecule has 0 atom stereocenters. The highest BCUT2D eigenvalue weighted by molar-refractivity contribution is 7.96. The second-order valence-corrected chi connectivity index (χ2v) is 15.3. The van der Waals surface area contributed by atoms with Crippen LogP contribution in [-0.2, 0) is 20.0 Å². The van der Waals surface area contributed by atoms with Crippen LogP contribution >= 0.6 is 11.6 Å². The topological polar surface area (TPSA) is 173 Å². The molecule has 0 spiro atoms. The molecule has 0 radical (unpaired) electrons. The van der Waals surface area contributed by atoms with Gasteiger partial charge in [-0.2, -0.15) is 0 Å². The molecule has 0 bridgehead atoms. The van der Waals surface area contributed by atoms with Crippen LogP contribution in [0.2, 0.25) is 5.15 Å². The second-order valence-electron chi connectivity index (χ2n) is 11.8. The first-order valence-corrected chi connectivity index (χ1v) is 20.2. The minimum Gasteiger partial charge on any atom is -0.475 e. The van der Waals surface area contributed by atoms with Crippen molar-refractivity contribution in [2.24, 2.45) is 0 Å². The third-order valence-electron chi connectivity index (χ3n) is 7.58. The minimum absolute atomic E-state index is 0.0238. The molecule has 0 aliphatic rings. The van der Waals surface area contributed by atoms with Gasteiger partial charge < -0.3 is 9.84 Å². The molecule has 3 N–H and O–H groups in total. The van der Waals surface area contributed by atoms with Crippen LogP contribution in [-0.4, -0.2) is 55.1 Å². The van der Waals surface area contributed by atoms with Crippen molar-refractivity contribution < 1.29 is 26.7 Å². The first kappa shape index (κ1) is 40.3. The van der Waals surface area contributed by atoms with Crippen LogP contribution in [0.4, 0.5) is 11.6 Å². The van der Waals surface area contributed by atoms with Crippen molar-refractivity contribution in [3.63, 3.8) is 0 Å². The smallest absolute Gasteiger partial charge is 0.256 e. The van der Waals surface area contributed by atoms with E-state index in [1.807, 2.05) is 111 Å². The SMILES string of the molecule is Cc1ccc(-c2c(Cl)ncnc2NS(=O)(=O)/C=C/c2ccccc2)cc1.Cc1ccc(-c2c(NS(=O)(=O)/C=C/c3ccccc3)ncnc2OCCO)cc1. The van der Waals surface area contributed by atoms with Crippen LogP contribution in [0.5, 0.6) is 5.88 Å². The van der Waals surface area contributed by atoms with E-state index in [1.54, 1.807) is 12.1 Å². The molecule has 12 nitrogen and oxygen atoms in total. The Morgan fingerprint density at radius 3 is 1.53 bits per heavy atom. The minimum atomic E-state index is -3.83. The second kappa shape index (κ2) is 18.9. The van der Waals surface area contributed by atoms with Gasteiger partial charge >= 0.3 is 0 Å². The normalized spacial score (nSPS) is 11.6. The third-order valence-corrected chi connectivity index (χ3v) is 9.81. The summed E-state index contributed by atoms with van der Waals surface area (Å²) in [6.45, 7) is 3.74. The van der Waals surface area contributed by atoms with Gasteiger partial charge in [0, 0.05) is 0 Å². The quantitative estimate of drug-likeness (QED) is 0.0981. The summed E-state index contributed by atoms with van der Waals surface area (Å²) < 4.78 is 60.5. The Balaban J connectivity index is 0.000000212. The van der Waals surface area contributed by atoms with Gasteiger partial charge in [-0.05, 0) is 48.3 Å². The molecule has 0 saturated carbocycles. The summed E-state index contributed by atoms with van der Waals surface area (Å²) in [6.07, 6.45) is 5.44. The fourth-order valence-electron chi connectivity index (χ4n) is 4.90. The molecule has 6 aromatic rings. The fraction of sp³-hybridized carbons (Fsp3) is 0.100. The maximum atomic E-state index is 12.6. The summed E-state index contributed by atoms with van der Waals surface area (Å²) in [5.41, 5.74) is 5.91. The van der Waals surface area contributed by atoms with Crippen molar-refractivity contribution in [2.75, 3.05) is 22.7 Å². The van der Waals surface area contributed by atoms with E-state index in [0.29, 0.717) is 16.7 Å². The summed E-state index contributed by atoms with van der Waals surface area (Å²) in [5, 5.41) is 11.4. The number of nitrogens with zero attached hydrogens (tertiary/aromatic N) is 4. The number of aryl methyl sites for hydroxylation is 2. The molecule has 0 aliphatic heterocycles. The zero-order valence-electron chi connectivity index (χ0n) is 29.7. The lowest BCUT2D eigenvalue weighted by atomic mass is 10.1. The Morgan fingerprint density at radius 1 is 0.618 bits per heavy atom. The van der Waals surface area contributed by atoms with E-state index in [2.05, 4.69) is 29.4 Å². The Labute approximate surface area is 325 Å². The highest BCUT2D eigenvalue weighted by Crippen LogP contribution is 2.35. The van der Waals surface area contributed by atoms with Gasteiger partial charge in [0.2, 0.25) is 5.88 Å². The first-order valence-electron chi connectivity index (χ1n) is 16.7. The van der Waals surface area contributed by atoms with E-state index in [-0.39, 0.29) is 35.9 Å². The Kier molecular flexibility index (Phi) is 13.8. The number of aliphatic hydroxyl groups excluding tert-OH is 1. The molecule has 0 aliphatic carbocycles. The summed E-state index contributed by atoms with van der Waals surface area (Å²) in [7, 11) is -7.60. The molecule has 0 unspecified atom stereocenters. The number of anilines is 2. The Morgan fingerprint density at radius 2 is 1.05 bits per heavy atom. The number of sulfonamides is 2. The lowest BCUT2D eigenvalue weighted by molar-refractivity contribution is 0.197. The van der Waals surface area contributed by atoms with Crippen LogP contribution in [0.25, 0.3) is 34.4 Å². The average Bonchev–Trinajstić information content (AvgIpc) is 3.17. The summed E-state index contributed by atoms with van der Waals surface area (Å²) >= 11 is 6.20. The first-order chi connectivity index (χ1) is 26.4. The number of halogens is 1. The number of aliphatic hydroxyl groups is 1. The number of nitrogens with one attached hydrogen (secondary N) is 2. The number of hydrogen-bond acceptors (Lipinski definition) is 10. The molecular formula is C40H37ClN6O6S2. The zero-order valence-corrected chi connectivity index (χ0v) is 32.1. The summed E-state index contributed by atoms with van der Waals surface area (Å²) in [4.78, 5) is 16.2. The molecule has 4 aromatic carbocycles. The molecule has 2 aromatic heterocycles.